The molecular formula is C22H32O4. The highest BCUT2D eigenvalue weighted by Gasteiger charge is 2.49. The fraction of sp³-hybridized carbons (Fsp3) is 0.636. The average molecular weight is 360 g/mol. The van der Waals surface area contributed by atoms with Gasteiger partial charge < -0.3 is 18.9 Å². The van der Waals surface area contributed by atoms with Crippen molar-refractivity contribution in [2.24, 2.45) is 0 Å². The third-order valence-electron chi connectivity index (χ3n) is 5.41. The van der Waals surface area contributed by atoms with Crippen LogP contribution < -0.4 is 0 Å². The quantitative estimate of drug-likeness (QED) is 0.665. The highest BCUT2D eigenvalue weighted by molar-refractivity contribution is 5.13. The second-order valence-corrected chi connectivity index (χ2v) is 8.03. The third-order valence-corrected chi connectivity index (χ3v) is 5.41. The van der Waals surface area contributed by atoms with E-state index in [1.807, 2.05) is 38.1 Å². The maximum Gasteiger partial charge on any atom is 0.163 e. The molecule has 2 aliphatic rings. The first-order chi connectivity index (χ1) is 12.4. The minimum Gasteiger partial charge on any atom is -0.371 e. The fourth-order valence-electron chi connectivity index (χ4n) is 3.82. The molecule has 26 heavy (non-hydrogen) atoms. The molecule has 0 aliphatic carbocycles. The Kier molecular flexibility index (Phi) is 6.18. The number of ether oxygens (including phenoxy) is 4. The lowest BCUT2D eigenvalue weighted by atomic mass is 9.86. The molecule has 2 heterocycles. The lowest BCUT2D eigenvalue weighted by molar-refractivity contribution is -0.235. The minimum absolute atomic E-state index is 0.0428. The molecule has 4 nitrogen and oxygen atoms in total. The van der Waals surface area contributed by atoms with Gasteiger partial charge in [0.25, 0.3) is 0 Å². The molecule has 1 aromatic carbocycles. The Labute approximate surface area is 157 Å². The van der Waals surface area contributed by atoms with Crippen molar-refractivity contribution in [1.29, 1.82) is 0 Å². The Morgan fingerprint density at radius 1 is 1.19 bits per heavy atom. The Morgan fingerprint density at radius 3 is 2.62 bits per heavy atom. The molecule has 144 valence electrons. The van der Waals surface area contributed by atoms with Crippen molar-refractivity contribution < 1.29 is 18.9 Å². The molecule has 0 unspecified atom stereocenters. The Bertz CT molecular complexity index is 585. The highest BCUT2D eigenvalue weighted by Crippen LogP contribution is 2.40. The Hall–Kier alpha value is -1.20. The van der Waals surface area contributed by atoms with Gasteiger partial charge in [-0.1, -0.05) is 36.4 Å². The van der Waals surface area contributed by atoms with Gasteiger partial charge in [0.15, 0.2) is 5.79 Å². The van der Waals surface area contributed by atoms with Gasteiger partial charge in [0.05, 0.1) is 31.0 Å². The van der Waals surface area contributed by atoms with Crippen molar-refractivity contribution in [3.05, 3.63) is 48.6 Å². The monoisotopic (exact) mass is 360 g/mol. The largest absolute Gasteiger partial charge is 0.371 e. The molecule has 0 N–H and O–H groups in total. The van der Waals surface area contributed by atoms with Crippen LogP contribution in [-0.4, -0.2) is 36.3 Å². The van der Waals surface area contributed by atoms with Crippen LogP contribution in [0.4, 0.5) is 0 Å². The summed E-state index contributed by atoms with van der Waals surface area (Å²) in [6, 6.07) is 10.3. The maximum atomic E-state index is 6.58. The summed E-state index contributed by atoms with van der Waals surface area (Å²) in [6.07, 6.45) is 5.74. The minimum atomic E-state index is -0.533. The Balaban J connectivity index is 1.63. The van der Waals surface area contributed by atoms with Crippen molar-refractivity contribution in [3.8, 4) is 0 Å². The van der Waals surface area contributed by atoms with Crippen LogP contribution in [0, 0.1) is 0 Å². The average Bonchev–Trinajstić information content (AvgIpc) is 3.01. The van der Waals surface area contributed by atoms with E-state index in [1.54, 1.807) is 0 Å². The van der Waals surface area contributed by atoms with E-state index in [2.05, 4.69) is 25.6 Å². The van der Waals surface area contributed by atoms with Crippen molar-refractivity contribution in [2.45, 2.75) is 82.8 Å². The molecule has 0 radical (unpaired) electrons. The predicted molar refractivity (Wildman–Crippen MR) is 102 cm³/mol. The standard InChI is InChI=1S/C22H32O4/c1-5-6-12-19-18(23-15-17-10-8-7-9-11-17)13-14-22(4,25-19)20-16-24-21(2,3)26-20/h5,7-11,18-20H,1,6,12-16H2,2-4H3/t18-,19+,20+,22-/m0/s1. The van der Waals surface area contributed by atoms with E-state index < -0.39 is 5.79 Å². The van der Waals surface area contributed by atoms with Crippen LogP contribution in [-0.2, 0) is 25.6 Å². The van der Waals surface area contributed by atoms with Crippen LogP contribution in [0.25, 0.3) is 0 Å². The fourth-order valence-corrected chi connectivity index (χ4v) is 3.82. The summed E-state index contributed by atoms with van der Waals surface area (Å²) < 4.78 is 24.7. The zero-order valence-corrected chi connectivity index (χ0v) is 16.3. The molecule has 2 fully saturated rings. The van der Waals surface area contributed by atoms with Gasteiger partial charge in [-0.3, -0.25) is 0 Å². The predicted octanol–water partition coefficient (Wildman–Crippen LogP) is 4.63. The Morgan fingerprint density at radius 2 is 1.96 bits per heavy atom. The normalized spacial score (nSPS) is 33.9. The molecule has 0 bridgehead atoms. The molecule has 0 amide bonds. The SMILES string of the molecule is C=CCC[C@H]1O[C@](C)([C@H]2COC(C)(C)O2)CC[C@@H]1OCc1ccccc1. The van der Waals surface area contributed by atoms with Crippen LogP contribution in [0.5, 0.6) is 0 Å². The van der Waals surface area contributed by atoms with E-state index in [4.69, 9.17) is 18.9 Å². The molecule has 3 rings (SSSR count). The van der Waals surface area contributed by atoms with E-state index >= 15 is 0 Å². The van der Waals surface area contributed by atoms with Crippen molar-refractivity contribution >= 4 is 0 Å². The van der Waals surface area contributed by atoms with Crippen LogP contribution in [0.15, 0.2) is 43.0 Å². The number of benzene rings is 1. The third kappa shape index (κ3) is 4.74. The molecule has 0 aromatic heterocycles. The summed E-state index contributed by atoms with van der Waals surface area (Å²) >= 11 is 0. The van der Waals surface area contributed by atoms with E-state index in [0.29, 0.717) is 13.2 Å². The molecule has 2 saturated heterocycles. The second kappa shape index (κ2) is 8.22. The summed E-state index contributed by atoms with van der Waals surface area (Å²) in [4.78, 5) is 0. The van der Waals surface area contributed by atoms with Crippen molar-refractivity contribution in [3.63, 3.8) is 0 Å². The number of allylic oxidation sites excluding steroid dienone is 1. The number of hydrogen-bond acceptors (Lipinski definition) is 4. The van der Waals surface area contributed by atoms with E-state index in [0.717, 1.165) is 25.7 Å². The van der Waals surface area contributed by atoms with Gasteiger partial charge in [0, 0.05) is 0 Å². The lowest BCUT2D eigenvalue weighted by Gasteiger charge is -2.45. The molecule has 4 heteroatoms. The van der Waals surface area contributed by atoms with Gasteiger partial charge in [-0.15, -0.1) is 6.58 Å². The summed E-state index contributed by atoms with van der Waals surface area (Å²) in [7, 11) is 0. The molecule has 4 atom stereocenters. The number of hydrogen-bond donors (Lipinski definition) is 0. The topological polar surface area (TPSA) is 36.9 Å². The molecule has 2 aliphatic heterocycles. The van der Waals surface area contributed by atoms with Gasteiger partial charge in [-0.2, -0.15) is 0 Å². The first kappa shape index (κ1) is 19.6. The van der Waals surface area contributed by atoms with Gasteiger partial charge in [-0.05, 0) is 52.0 Å². The van der Waals surface area contributed by atoms with Crippen LogP contribution in [0.1, 0.15) is 52.0 Å². The van der Waals surface area contributed by atoms with Gasteiger partial charge in [0.1, 0.15) is 6.10 Å². The zero-order valence-electron chi connectivity index (χ0n) is 16.3. The first-order valence-corrected chi connectivity index (χ1v) is 9.68. The van der Waals surface area contributed by atoms with E-state index in [-0.39, 0.29) is 23.9 Å². The summed E-state index contributed by atoms with van der Waals surface area (Å²) in [5.74, 6) is -0.533. The molecule has 1 aromatic rings. The molecule has 0 spiro atoms. The summed E-state index contributed by atoms with van der Waals surface area (Å²) in [5.41, 5.74) is 0.851. The molecular weight excluding hydrogens is 328 g/mol. The second-order valence-electron chi connectivity index (χ2n) is 8.03. The highest BCUT2D eigenvalue weighted by atomic mass is 16.8. The van der Waals surface area contributed by atoms with E-state index in [1.165, 1.54) is 5.56 Å². The summed E-state index contributed by atoms with van der Waals surface area (Å²) in [5, 5.41) is 0. The molecule has 0 saturated carbocycles. The number of rotatable bonds is 7. The van der Waals surface area contributed by atoms with Crippen LogP contribution >= 0.6 is 0 Å². The summed E-state index contributed by atoms with van der Waals surface area (Å²) in [6.45, 7) is 11.1. The maximum absolute atomic E-state index is 6.58. The lowest BCUT2D eigenvalue weighted by Crippen LogP contribution is -2.53. The van der Waals surface area contributed by atoms with E-state index in [9.17, 15) is 0 Å². The van der Waals surface area contributed by atoms with Gasteiger partial charge >= 0.3 is 0 Å². The van der Waals surface area contributed by atoms with Crippen LogP contribution in [0.2, 0.25) is 0 Å². The van der Waals surface area contributed by atoms with Gasteiger partial charge in [0.2, 0.25) is 0 Å². The first-order valence-electron chi connectivity index (χ1n) is 9.68. The van der Waals surface area contributed by atoms with Crippen molar-refractivity contribution in [1.82, 2.24) is 0 Å². The smallest absolute Gasteiger partial charge is 0.163 e. The zero-order chi connectivity index (χ0) is 18.6. The van der Waals surface area contributed by atoms with Crippen LogP contribution in [0.3, 0.4) is 0 Å². The van der Waals surface area contributed by atoms with Gasteiger partial charge in [-0.25, -0.2) is 0 Å². The van der Waals surface area contributed by atoms with Crippen molar-refractivity contribution in [2.75, 3.05) is 6.61 Å².